The first kappa shape index (κ1) is 14.7. The molecule has 0 aromatic heterocycles. The van der Waals surface area contributed by atoms with Crippen LogP contribution in [-0.4, -0.2) is 32.8 Å². The van der Waals surface area contributed by atoms with Crippen LogP contribution >= 0.6 is 0 Å². The Balaban J connectivity index is 1.48. The fourth-order valence-corrected chi connectivity index (χ4v) is 3.41. The van der Waals surface area contributed by atoms with Crippen molar-refractivity contribution >= 4 is 11.4 Å². The summed E-state index contributed by atoms with van der Waals surface area (Å²) in [6.07, 6.45) is 5.59. The second-order valence-corrected chi connectivity index (χ2v) is 6.65. The molecule has 2 aliphatic rings. The van der Waals surface area contributed by atoms with Crippen LogP contribution in [0.5, 0.6) is 0 Å². The molecule has 1 heterocycles. The molecule has 1 aromatic carbocycles. The molecule has 1 aliphatic heterocycles. The van der Waals surface area contributed by atoms with Crippen molar-refractivity contribution in [3.8, 4) is 0 Å². The van der Waals surface area contributed by atoms with Crippen molar-refractivity contribution in [3.63, 3.8) is 0 Å². The van der Waals surface area contributed by atoms with Crippen LogP contribution in [0.1, 0.15) is 32.6 Å². The number of anilines is 2. The summed E-state index contributed by atoms with van der Waals surface area (Å²) in [7, 11) is 0. The van der Waals surface area contributed by atoms with Gasteiger partial charge in [-0.25, -0.2) is 0 Å². The first-order chi connectivity index (χ1) is 10.3. The van der Waals surface area contributed by atoms with E-state index in [0.717, 1.165) is 44.7 Å². The number of ether oxygens (including phenoxy) is 1. The fourth-order valence-electron chi connectivity index (χ4n) is 3.41. The first-order valence-electron chi connectivity index (χ1n) is 8.48. The zero-order valence-corrected chi connectivity index (χ0v) is 13.2. The maximum Gasteiger partial charge on any atom is 0.0642 e. The SMILES string of the molecule is CC1CCC(CNc2ccc(N3CCOCC3)cc2)CC1. The predicted octanol–water partition coefficient (Wildman–Crippen LogP) is 3.76. The Morgan fingerprint density at radius 2 is 1.71 bits per heavy atom. The second-order valence-electron chi connectivity index (χ2n) is 6.65. The molecule has 2 fully saturated rings. The van der Waals surface area contributed by atoms with E-state index in [-0.39, 0.29) is 0 Å². The van der Waals surface area contributed by atoms with Crippen molar-refractivity contribution in [2.24, 2.45) is 11.8 Å². The number of hydrogen-bond acceptors (Lipinski definition) is 3. The Kier molecular flexibility index (Phi) is 5.02. The van der Waals surface area contributed by atoms with Crippen molar-refractivity contribution in [3.05, 3.63) is 24.3 Å². The van der Waals surface area contributed by atoms with E-state index in [4.69, 9.17) is 4.74 Å². The molecule has 0 amide bonds. The maximum absolute atomic E-state index is 5.40. The minimum absolute atomic E-state index is 0.847. The van der Waals surface area contributed by atoms with Gasteiger partial charge in [-0.05, 0) is 48.9 Å². The highest BCUT2D eigenvalue weighted by molar-refractivity contribution is 5.55. The van der Waals surface area contributed by atoms with Crippen LogP contribution in [0, 0.1) is 11.8 Å². The minimum atomic E-state index is 0.847. The quantitative estimate of drug-likeness (QED) is 0.913. The third-order valence-electron chi connectivity index (χ3n) is 4.97. The van der Waals surface area contributed by atoms with Crippen LogP contribution in [0.2, 0.25) is 0 Å². The summed E-state index contributed by atoms with van der Waals surface area (Å²) < 4.78 is 5.40. The zero-order valence-electron chi connectivity index (χ0n) is 13.2. The molecule has 0 spiro atoms. The Hall–Kier alpha value is -1.22. The van der Waals surface area contributed by atoms with Gasteiger partial charge in [0.05, 0.1) is 13.2 Å². The number of hydrogen-bond donors (Lipinski definition) is 1. The van der Waals surface area contributed by atoms with Crippen molar-refractivity contribution < 1.29 is 4.74 Å². The van der Waals surface area contributed by atoms with Crippen LogP contribution in [0.3, 0.4) is 0 Å². The molecule has 0 radical (unpaired) electrons. The van der Waals surface area contributed by atoms with Crippen LogP contribution in [0.15, 0.2) is 24.3 Å². The van der Waals surface area contributed by atoms with Gasteiger partial charge in [0, 0.05) is 31.0 Å². The molecular weight excluding hydrogens is 260 g/mol. The van der Waals surface area contributed by atoms with Crippen LogP contribution < -0.4 is 10.2 Å². The molecule has 3 rings (SSSR count). The third kappa shape index (κ3) is 4.13. The molecule has 3 heteroatoms. The number of morpholine rings is 1. The van der Waals surface area contributed by atoms with E-state index in [1.165, 1.54) is 37.1 Å². The van der Waals surface area contributed by atoms with Crippen molar-refractivity contribution in [2.75, 3.05) is 43.1 Å². The molecule has 0 bridgehead atoms. The van der Waals surface area contributed by atoms with Gasteiger partial charge in [0.25, 0.3) is 0 Å². The maximum atomic E-state index is 5.40. The van der Waals surface area contributed by atoms with Gasteiger partial charge in [-0.2, -0.15) is 0 Å². The summed E-state index contributed by atoms with van der Waals surface area (Å²) in [5.41, 5.74) is 2.57. The summed E-state index contributed by atoms with van der Waals surface area (Å²) in [5.74, 6) is 1.80. The largest absolute Gasteiger partial charge is 0.385 e. The van der Waals surface area contributed by atoms with Crippen LogP contribution in [-0.2, 0) is 4.74 Å². The molecule has 1 aliphatic carbocycles. The van der Waals surface area contributed by atoms with Gasteiger partial charge in [-0.1, -0.05) is 19.8 Å². The van der Waals surface area contributed by atoms with Gasteiger partial charge in [0.1, 0.15) is 0 Å². The van der Waals surface area contributed by atoms with Crippen molar-refractivity contribution in [1.82, 2.24) is 0 Å². The lowest BCUT2D eigenvalue weighted by atomic mass is 9.83. The topological polar surface area (TPSA) is 24.5 Å². The lowest BCUT2D eigenvalue weighted by molar-refractivity contribution is 0.122. The molecule has 1 N–H and O–H groups in total. The third-order valence-corrected chi connectivity index (χ3v) is 4.97. The van der Waals surface area contributed by atoms with E-state index in [1.54, 1.807) is 0 Å². The molecule has 0 atom stereocenters. The summed E-state index contributed by atoms with van der Waals surface area (Å²) >= 11 is 0. The lowest BCUT2D eigenvalue weighted by Gasteiger charge is -2.29. The summed E-state index contributed by atoms with van der Waals surface area (Å²) in [6.45, 7) is 7.22. The van der Waals surface area contributed by atoms with Crippen LogP contribution in [0.4, 0.5) is 11.4 Å². The average Bonchev–Trinajstić information content (AvgIpc) is 2.56. The van der Waals surface area contributed by atoms with E-state index in [9.17, 15) is 0 Å². The number of benzene rings is 1. The van der Waals surface area contributed by atoms with E-state index in [1.807, 2.05) is 0 Å². The smallest absolute Gasteiger partial charge is 0.0642 e. The zero-order chi connectivity index (χ0) is 14.5. The van der Waals surface area contributed by atoms with Gasteiger partial charge < -0.3 is 15.0 Å². The Bertz CT molecular complexity index is 417. The van der Waals surface area contributed by atoms with E-state index in [0.29, 0.717) is 0 Å². The van der Waals surface area contributed by atoms with E-state index < -0.39 is 0 Å². The highest BCUT2D eigenvalue weighted by atomic mass is 16.5. The summed E-state index contributed by atoms with van der Waals surface area (Å²) in [4.78, 5) is 2.40. The monoisotopic (exact) mass is 288 g/mol. The van der Waals surface area contributed by atoms with Gasteiger partial charge in [0.15, 0.2) is 0 Å². The van der Waals surface area contributed by atoms with E-state index in [2.05, 4.69) is 41.4 Å². The summed E-state index contributed by atoms with van der Waals surface area (Å²) in [6, 6.07) is 8.90. The lowest BCUT2D eigenvalue weighted by Crippen LogP contribution is -2.36. The van der Waals surface area contributed by atoms with Gasteiger partial charge in [0.2, 0.25) is 0 Å². The van der Waals surface area contributed by atoms with Crippen LogP contribution in [0.25, 0.3) is 0 Å². The minimum Gasteiger partial charge on any atom is -0.385 e. The normalized spacial score (nSPS) is 26.6. The molecule has 1 saturated carbocycles. The Labute approximate surface area is 128 Å². The Morgan fingerprint density at radius 1 is 1.05 bits per heavy atom. The predicted molar refractivity (Wildman–Crippen MR) is 89.1 cm³/mol. The number of rotatable bonds is 4. The average molecular weight is 288 g/mol. The first-order valence-corrected chi connectivity index (χ1v) is 8.48. The standard InChI is InChI=1S/C18H28N2O/c1-15-2-4-16(5-3-15)14-19-17-6-8-18(9-7-17)20-10-12-21-13-11-20/h6-9,15-16,19H,2-5,10-14H2,1H3. The van der Waals surface area contributed by atoms with Gasteiger partial charge >= 0.3 is 0 Å². The highest BCUT2D eigenvalue weighted by Gasteiger charge is 2.17. The van der Waals surface area contributed by atoms with Gasteiger partial charge in [-0.15, -0.1) is 0 Å². The molecule has 1 saturated heterocycles. The molecule has 21 heavy (non-hydrogen) atoms. The Morgan fingerprint density at radius 3 is 2.38 bits per heavy atom. The van der Waals surface area contributed by atoms with Crippen molar-refractivity contribution in [1.29, 1.82) is 0 Å². The molecule has 1 aromatic rings. The van der Waals surface area contributed by atoms with E-state index >= 15 is 0 Å². The summed E-state index contributed by atoms with van der Waals surface area (Å²) in [5, 5.41) is 3.62. The fraction of sp³-hybridized carbons (Fsp3) is 0.667. The molecule has 116 valence electrons. The van der Waals surface area contributed by atoms with Crippen molar-refractivity contribution in [2.45, 2.75) is 32.6 Å². The second kappa shape index (κ2) is 7.17. The van der Waals surface area contributed by atoms with Gasteiger partial charge in [-0.3, -0.25) is 0 Å². The highest BCUT2D eigenvalue weighted by Crippen LogP contribution is 2.28. The molecule has 0 unspecified atom stereocenters. The molecular formula is C18H28N2O. The number of nitrogens with zero attached hydrogens (tertiary/aromatic N) is 1. The molecule has 3 nitrogen and oxygen atoms in total. The number of nitrogens with one attached hydrogen (secondary N) is 1.